The van der Waals surface area contributed by atoms with Crippen LogP contribution in [0.1, 0.15) is 42.0 Å². The van der Waals surface area contributed by atoms with Crippen molar-refractivity contribution >= 4 is 11.6 Å². The van der Waals surface area contributed by atoms with Crippen LogP contribution in [0.5, 0.6) is 0 Å². The molecule has 3 aromatic heterocycles. The lowest BCUT2D eigenvalue weighted by atomic mass is 10.0. The van der Waals surface area contributed by atoms with Crippen molar-refractivity contribution in [3.63, 3.8) is 0 Å². The van der Waals surface area contributed by atoms with Gasteiger partial charge in [-0.05, 0) is 60.9 Å². The maximum Gasteiger partial charge on any atom is 0.417 e. The fraction of sp³-hybridized carbons (Fsp3) is 0.367. The molecule has 1 aromatic carbocycles. The maximum atomic E-state index is 13.7. The lowest BCUT2D eigenvalue weighted by Crippen LogP contribution is -2.38. The van der Waals surface area contributed by atoms with E-state index in [1.165, 1.54) is 12.3 Å². The van der Waals surface area contributed by atoms with E-state index in [1.54, 1.807) is 46.1 Å². The molecule has 15 heteroatoms. The molecule has 0 amide bonds. The summed E-state index contributed by atoms with van der Waals surface area (Å²) in [6.45, 7) is 1.72. The SMILES string of the molecule is CC[C@@H]1C[C@H](N(Cc2cc(C(F)(F)F)cc(C(F)(F)F)c2)c2ccc(-c3cnn(C)c3)cn2)CN1c1ccc(C(F)(F)F)cn1. The molecule has 4 heterocycles. The zero-order chi connectivity index (χ0) is 32.7. The van der Waals surface area contributed by atoms with E-state index in [2.05, 4.69) is 15.1 Å². The molecule has 1 saturated heterocycles. The van der Waals surface area contributed by atoms with Crippen LogP contribution in [0.15, 0.2) is 67.3 Å². The first-order valence-corrected chi connectivity index (χ1v) is 13.8. The van der Waals surface area contributed by atoms with Gasteiger partial charge in [-0.1, -0.05) is 6.92 Å². The Balaban J connectivity index is 1.53. The minimum atomic E-state index is -5.02. The number of nitrogens with zero attached hydrogens (tertiary/aromatic N) is 6. The summed E-state index contributed by atoms with van der Waals surface area (Å²) in [5, 5.41) is 4.12. The Morgan fingerprint density at radius 3 is 1.93 bits per heavy atom. The van der Waals surface area contributed by atoms with Gasteiger partial charge in [0.2, 0.25) is 0 Å². The highest BCUT2D eigenvalue weighted by Gasteiger charge is 2.39. The van der Waals surface area contributed by atoms with E-state index in [-0.39, 0.29) is 36.6 Å². The van der Waals surface area contributed by atoms with Crippen LogP contribution >= 0.6 is 0 Å². The predicted molar refractivity (Wildman–Crippen MR) is 148 cm³/mol. The first kappa shape index (κ1) is 32.1. The second-order valence-corrected chi connectivity index (χ2v) is 10.9. The van der Waals surface area contributed by atoms with Crippen molar-refractivity contribution in [2.24, 2.45) is 7.05 Å². The van der Waals surface area contributed by atoms with E-state index in [1.807, 2.05) is 6.92 Å². The zero-order valence-corrected chi connectivity index (χ0v) is 23.9. The van der Waals surface area contributed by atoms with E-state index in [9.17, 15) is 39.5 Å². The topological polar surface area (TPSA) is 50.1 Å². The van der Waals surface area contributed by atoms with Gasteiger partial charge in [0.1, 0.15) is 11.6 Å². The van der Waals surface area contributed by atoms with Gasteiger partial charge in [-0.25, -0.2) is 9.97 Å². The molecule has 5 rings (SSSR count). The zero-order valence-electron chi connectivity index (χ0n) is 23.9. The summed E-state index contributed by atoms with van der Waals surface area (Å²) in [7, 11) is 1.73. The van der Waals surface area contributed by atoms with Gasteiger partial charge in [-0.15, -0.1) is 0 Å². The third-order valence-electron chi connectivity index (χ3n) is 7.75. The van der Waals surface area contributed by atoms with Crippen LogP contribution in [0.25, 0.3) is 11.1 Å². The Hall–Kier alpha value is -4.30. The van der Waals surface area contributed by atoms with Gasteiger partial charge in [0.25, 0.3) is 0 Å². The predicted octanol–water partition coefficient (Wildman–Crippen LogP) is 8.00. The van der Waals surface area contributed by atoms with Crippen LogP contribution in [0.4, 0.5) is 51.1 Å². The number of hydrogen-bond acceptors (Lipinski definition) is 5. The molecule has 1 fully saturated rings. The highest BCUT2D eigenvalue weighted by molar-refractivity contribution is 5.62. The fourth-order valence-electron chi connectivity index (χ4n) is 5.51. The fourth-order valence-corrected chi connectivity index (χ4v) is 5.51. The molecule has 0 radical (unpaired) electrons. The molecule has 0 saturated carbocycles. The van der Waals surface area contributed by atoms with Crippen molar-refractivity contribution in [3.8, 4) is 11.1 Å². The normalized spacial score (nSPS) is 17.6. The Kier molecular flexibility index (Phi) is 8.49. The van der Waals surface area contributed by atoms with Crippen molar-refractivity contribution in [1.29, 1.82) is 0 Å². The van der Waals surface area contributed by atoms with Crippen LogP contribution in [-0.4, -0.2) is 38.4 Å². The van der Waals surface area contributed by atoms with Gasteiger partial charge in [0.15, 0.2) is 0 Å². The minimum Gasteiger partial charge on any atom is -0.352 e. The molecule has 4 aromatic rings. The molecular formula is C30H27F9N6. The van der Waals surface area contributed by atoms with E-state index >= 15 is 0 Å². The largest absolute Gasteiger partial charge is 0.417 e. The van der Waals surface area contributed by atoms with Crippen molar-refractivity contribution < 1.29 is 39.5 Å². The lowest BCUT2D eigenvalue weighted by molar-refractivity contribution is -0.143. The molecule has 0 N–H and O–H groups in total. The molecule has 1 aliphatic heterocycles. The molecular weight excluding hydrogens is 615 g/mol. The van der Waals surface area contributed by atoms with E-state index in [4.69, 9.17) is 0 Å². The number of anilines is 2. The highest BCUT2D eigenvalue weighted by Crippen LogP contribution is 2.38. The number of pyridine rings is 2. The monoisotopic (exact) mass is 642 g/mol. The summed E-state index contributed by atoms with van der Waals surface area (Å²) in [6, 6.07) is 6.27. The Labute approximate surface area is 252 Å². The molecule has 2 atom stereocenters. The Morgan fingerprint density at radius 1 is 0.778 bits per heavy atom. The Bertz CT molecular complexity index is 1580. The number of aromatic nitrogens is 4. The van der Waals surface area contributed by atoms with Gasteiger partial charge in [0.05, 0.1) is 28.9 Å². The third-order valence-corrected chi connectivity index (χ3v) is 7.75. The maximum absolute atomic E-state index is 13.7. The number of alkyl halides is 9. The van der Waals surface area contributed by atoms with Gasteiger partial charge in [-0.2, -0.15) is 44.6 Å². The van der Waals surface area contributed by atoms with Gasteiger partial charge >= 0.3 is 18.5 Å². The van der Waals surface area contributed by atoms with Gasteiger partial charge < -0.3 is 9.80 Å². The summed E-state index contributed by atoms with van der Waals surface area (Å²) >= 11 is 0. The average molecular weight is 643 g/mol. The number of hydrogen-bond donors (Lipinski definition) is 0. The van der Waals surface area contributed by atoms with Crippen LogP contribution < -0.4 is 9.80 Å². The minimum absolute atomic E-state index is 0.0788. The molecule has 1 aliphatic rings. The molecule has 0 spiro atoms. The second-order valence-electron chi connectivity index (χ2n) is 10.9. The average Bonchev–Trinajstić information content (AvgIpc) is 3.61. The van der Waals surface area contributed by atoms with Gasteiger partial charge in [0, 0.05) is 55.9 Å². The number of benzene rings is 1. The molecule has 0 aliphatic carbocycles. The summed E-state index contributed by atoms with van der Waals surface area (Å²) in [5.74, 6) is 0.575. The highest BCUT2D eigenvalue weighted by atomic mass is 19.4. The quantitative estimate of drug-likeness (QED) is 0.191. The van der Waals surface area contributed by atoms with Gasteiger partial charge in [-0.3, -0.25) is 4.68 Å². The summed E-state index contributed by atoms with van der Waals surface area (Å²) < 4.78 is 123. The van der Waals surface area contributed by atoms with E-state index in [0.717, 1.165) is 17.8 Å². The third kappa shape index (κ3) is 7.17. The first-order valence-electron chi connectivity index (χ1n) is 13.8. The number of halogens is 9. The lowest BCUT2D eigenvalue weighted by Gasteiger charge is -2.31. The standard InChI is InChI=1S/C30H27F9N6/c1-3-24-11-25(17-45(24)27-7-5-21(14-41-27)28(31,32)33)44(26-6-4-19(12-40-26)20-13-42-43(2)16-20)15-18-8-22(29(34,35)36)10-23(9-18)30(37,38)39/h4-10,12-14,16,24-25H,3,11,15,17H2,1-2H3/t24-,25+/m1/s1. The summed E-state index contributed by atoms with van der Waals surface area (Å²) in [4.78, 5) is 12.0. The van der Waals surface area contributed by atoms with Crippen molar-refractivity contribution in [2.75, 3.05) is 16.3 Å². The Morgan fingerprint density at radius 2 is 1.44 bits per heavy atom. The van der Waals surface area contributed by atoms with Crippen LogP contribution in [-0.2, 0) is 32.1 Å². The second kappa shape index (κ2) is 11.9. The van der Waals surface area contributed by atoms with Crippen molar-refractivity contribution in [1.82, 2.24) is 19.7 Å². The molecule has 45 heavy (non-hydrogen) atoms. The first-order chi connectivity index (χ1) is 21.0. The van der Waals surface area contributed by atoms with E-state index in [0.29, 0.717) is 36.4 Å². The van der Waals surface area contributed by atoms with Crippen LogP contribution in [0.3, 0.4) is 0 Å². The van der Waals surface area contributed by atoms with Crippen molar-refractivity contribution in [3.05, 3.63) is 89.5 Å². The van der Waals surface area contributed by atoms with Crippen LogP contribution in [0.2, 0.25) is 0 Å². The summed E-state index contributed by atoms with van der Waals surface area (Å²) in [5.41, 5.74) is -2.56. The molecule has 240 valence electrons. The van der Waals surface area contributed by atoms with Crippen LogP contribution in [0, 0.1) is 0 Å². The smallest absolute Gasteiger partial charge is 0.352 e. The summed E-state index contributed by atoms with van der Waals surface area (Å²) in [6.07, 6.45) is -8.01. The molecule has 0 unspecified atom stereocenters. The number of aryl methyl sites for hydroxylation is 1. The molecule has 6 nitrogen and oxygen atoms in total. The van der Waals surface area contributed by atoms with Crippen molar-refractivity contribution in [2.45, 2.75) is 56.9 Å². The van der Waals surface area contributed by atoms with E-state index < -0.39 is 41.3 Å². The molecule has 0 bridgehead atoms. The number of rotatable bonds is 7.